The van der Waals surface area contributed by atoms with Gasteiger partial charge in [0.1, 0.15) is 10.9 Å². The van der Waals surface area contributed by atoms with Crippen LogP contribution in [0.5, 0.6) is 0 Å². The Morgan fingerprint density at radius 1 is 1.43 bits per heavy atom. The van der Waals surface area contributed by atoms with Gasteiger partial charge in [0.2, 0.25) is 0 Å². The Morgan fingerprint density at radius 3 is 2.86 bits per heavy atom. The highest BCUT2D eigenvalue weighted by Gasteiger charge is 2.08. The summed E-state index contributed by atoms with van der Waals surface area (Å²) < 4.78 is 0.896. The molecule has 4 nitrogen and oxygen atoms in total. The Morgan fingerprint density at radius 2 is 2.21 bits per heavy atom. The van der Waals surface area contributed by atoms with Crippen LogP contribution in [-0.2, 0) is 0 Å². The van der Waals surface area contributed by atoms with E-state index in [0.717, 1.165) is 10.1 Å². The van der Waals surface area contributed by atoms with Gasteiger partial charge >= 0.3 is 0 Å². The standard InChI is InChI=1S/C9H4N2O2S/c10-5-8-4-6-3-7(11(12)13)1-2-9(6)14-8/h1-4H. The smallest absolute Gasteiger partial charge is 0.258 e. The first-order valence-electron chi connectivity index (χ1n) is 3.79. The quantitative estimate of drug-likeness (QED) is 0.529. The van der Waals surface area contributed by atoms with Gasteiger partial charge in [-0.1, -0.05) is 0 Å². The van der Waals surface area contributed by atoms with Gasteiger partial charge in [0.25, 0.3) is 5.69 Å². The van der Waals surface area contributed by atoms with Crippen molar-refractivity contribution < 1.29 is 4.92 Å². The van der Waals surface area contributed by atoms with Crippen molar-refractivity contribution in [2.75, 3.05) is 0 Å². The van der Waals surface area contributed by atoms with Crippen LogP contribution in [0.2, 0.25) is 0 Å². The lowest BCUT2D eigenvalue weighted by molar-refractivity contribution is -0.384. The topological polar surface area (TPSA) is 66.9 Å². The molecule has 68 valence electrons. The Balaban J connectivity index is 2.66. The first-order valence-corrected chi connectivity index (χ1v) is 4.60. The van der Waals surface area contributed by atoms with Crippen molar-refractivity contribution in [2.24, 2.45) is 0 Å². The SMILES string of the molecule is N#Cc1cc2cc([N+](=O)[O-])ccc2s1. The minimum atomic E-state index is -0.441. The minimum absolute atomic E-state index is 0.0554. The number of fused-ring (bicyclic) bond motifs is 1. The van der Waals surface area contributed by atoms with Gasteiger partial charge in [0.15, 0.2) is 0 Å². The molecule has 0 atom stereocenters. The minimum Gasteiger partial charge on any atom is -0.258 e. The third kappa shape index (κ3) is 1.32. The summed E-state index contributed by atoms with van der Waals surface area (Å²) in [5, 5.41) is 19.9. The van der Waals surface area contributed by atoms with Crippen molar-refractivity contribution in [2.45, 2.75) is 0 Å². The molecular formula is C9H4N2O2S. The summed E-state index contributed by atoms with van der Waals surface area (Å²) in [5.41, 5.74) is 0.0554. The van der Waals surface area contributed by atoms with Crippen LogP contribution < -0.4 is 0 Å². The summed E-state index contributed by atoms with van der Waals surface area (Å²) in [6, 6.07) is 8.26. The molecule has 0 radical (unpaired) electrons. The molecule has 0 aliphatic rings. The van der Waals surface area contributed by atoms with Crippen LogP contribution in [0.4, 0.5) is 5.69 Å². The van der Waals surface area contributed by atoms with Gasteiger partial charge in [-0.15, -0.1) is 11.3 Å². The first kappa shape index (κ1) is 8.66. The van der Waals surface area contributed by atoms with Gasteiger partial charge in [-0.05, 0) is 12.1 Å². The van der Waals surface area contributed by atoms with Gasteiger partial charge in [-0.25, -0.2) is 0 Å². The van der Waals surface area contributed by atoms with Gasteiger partial charge in [-0.2, -0.15) is 5.26 Å². The number of nitro benzene ring substituents is 1. The van der Waals surface area contributed by atoms with Crippen LogP contribution >= 0.6 is 11.3 Å². The second-order valence-corrected chi connectivity index (χ2v) is 3.79. The summed E-state index contributed by atoms with van der Waals surface area (Å²) in [6.07, 6.45) is 0. The molecule has 0 N–H and O–H groups in total. The molecule has 1 heterocycles. The molecule has 0 fully saturated rings. The van der Waals surface area contributed by atoms with Crippen molar-refractivity contribution in [1.82, 2.24) is 0 Å². The predicted octanol–water partition coefficient (Wildman–Crippen LogP) is 2.68. The lowest BCUT2D eigenvalue weighted by Crippen LogP contribution is -1.85. The number of hydrogen-bond acceptors (Lipinski definition) is 4. The second-order valence-electron chi connectivity index (χ2n) is 2.70. The first-order chi connectivity index (χ1) is 6.70. The second kappa shape index (κ2) is 3.09. The van der Waals surface area contributed by atoms with E-state index in [1.165, 1.54) is 23.5 Å². The van der Waals surface area contributed by atoms with E-state index >= 15 is 0 Å². The van der Waals surface area contributed by atoms with Gasteiger partial charge in [-0.3, -0.25) is 10.1 Å². The molecule has 0 saturated heterocycles. The third-order valence-corrected chi connectivity index (χ3v) is 2.84. The van der Waals surface area contributed by atoms with Crippen molar-refractivity contribution in [3.8, 4) is 6.07 Å². The van der Waals surface area contributed by atoms with E-state index in [1.54, 1.807) is 12.1 Å². The lowest BCUT2D eigenvalue weighted by atomic mass is 10.2. The van der Waals surface area contributed by atoms with E-state index in [-0.39, 0.29) is 5.69 Å². The predicted molar refractivity (Wildman–Crippen MR) is 53.2 cm³/mol. The molecule has 1 aromatic carbocycles. The van der Waals surface area contributed by atoms with Crippen LogP contribution in [0.25, 0.3) is 10.1 Å². The zero-order chi connectivity index (χ0) is 10.1. The summed E-state index contributed by atoms with van der Waals surface area (Å²) in [6.45, 7) is 0. The van der Waals surface area contributed by atoms with E-state index in [4.69, 9.17) is 5.26 Å². The van der Waals surface area contributed by atoms with Crippen LogP contribution in [0, 0.1) is 21.4 Å². The number of rotatable bonds is 1. The number of nitriles is 1. The molecule has 0 saturated carbocycles. The van der Waals surface area contributed by atoms with Crippen LogP contribution in [-0.4, -0.2) is 4.92 Å². The summed E-state index contributed by atoms with van der Waals surface area (Å²) in [4.78, 5) is 10.6. The average molecular weight is 204 g/mol. The molecule has 0 aliphatic heterocycles. The summed E-state index contributed by atoms with van der Waals surface area (Å²) in [7, 11) is 0. The number of hydrogen-bond donors (Lipinski definition) is 0. The van der Waals surface area contributed by atoms with E-state index in [2.05, 4.69) is 0 Å². The molecule has 0 aliphatic carbocycles. The van der Waals surface area contributed by atoms with E-state index in [9.17, 15) is 10.1 Å². The normalized spacial score (nSPS) is 9.93. The summed E-state index contributed by atoms with van der Waals surface area (Å²) >= 11 is 1.33. The van der Waals surface area contributed by atoms with E-state index in [0.29, 0.717) is 4.88 Å². The Bertz CT molecular complexity index is 553. The highest BCUT2D eigenvalue weighted by atomic mass is 32.1. The number of thiophene rings is 1. The van der Waals surface area contributed by atoms with E-state index in [1.807, 2.05) is 6.07 Å². The maximum absolute atomic E-state index is 10.5. The van der Waals surface area contributed by atoms with Gasteiger partial charge < -0.3 is 0 Å². The van der Waals surface area contributed by atoms with Crippen LogP contribution in [0.3, 0.4) is 0 Å². The molecular weight excluding hydrogens is 200 g/mol. The highest BCUT2D eigenvalue weighted by molar-refractivity contribution is 7.19. The Labute approximate surface area is 83.2 Å². The molecule has 5 heteroatoms. The molecule has 1 aromatic heterocycles. The van der Waals surface area contributed by atoms with Crippen molar-refractivity contribution in [3.05, 3.63) is 39.3 Å². The highest BCUT2D eigenvalue weighted by Crippen LogP contribution is 2.28. The molecule has 0 unspecified atom stereocenters. The maximum atomic E-state index is 10.5. The molecule has 0 amide bonds. The monoisotopic (exact) mass is 204 g/mol. The Kier molecular flexibility index (Phi) is 1.91. The van der Waals surface area contributed by atoms with Crippen LogP contribution in [0.1, 0.15) is 4.88 Å². The van der Waals surface area contributed by atoms with Crippen molar-refractivity contribution >= 4 is 27.1 Å². The lowest BCUT2D eigenvalue weighted by Gasteiger charge is -1.89. The van der Waals surface area contributed by atoms with Gasteiger partial charge in [0.05, 0.1) is 4.92 Å². The zero-order valence-electron chi connectivity index (χ0n) is 6.93. The zero-order valence-corrected chi connectivity index (χ0v) is 7.75. The maximum Gasteiger partial charge on any atom is 0.270 e. The molecule has 14 heavy (non-hydrogen) atoms. The van der Waals surface area contributed by atoms with E-state index < -0.39 is 4.92 Å². The van der Waals surface area contributed by atoms with Crippen molar-refractivity contribution in [1.29, 1.82) is 5.26 Å². The third-order valence-electron chi connectivity index (χ3n) is 1.82. The fourth-order valence-electron chi connectivity index (χ4n) is 1.20. The number of benzene rings is 1. The molecule has 2 rings (SSSR count). The van der Waals surface area contributed by atoms with Crippen LogP contribution in [0.15, 0.2) is 24.3 Å². The average Bonchev–Trinajstić information content (AvgIpc) is 2.58. The van der Waals surface area contributed by atoms with Crippen molar-refractivity contribution in [3.63, 3.8) is 0 Å². The summed E-state index contributed by atoms with van der Waals surface area (Å²) in [5.74, 6) is 0. The largest absolute Gasteiger partial charge is 0.270 e. The fourth-order valence-corrected chi connectivity index (χ4v) is 2.04. The molecule has 0 bridgehead atoms. The fraction of sp³-hybridized carbons (Fsp3) is 0. The number of non-ortho nitro benzene ring substituents is 1. The number of nitrogens with zero attached hydrogens (tertiary/aromatic N) is 2. The molecule has 2 aromatic rings. The van der Waals surface area contributed by atoms with Gasteiger partial charge in [0, 0.05) is 22.2 Å². The molecule has 0 spiro atoms. The number of nitro groups is 1. The Hall–Kier alpha value is -1.93.